The van der Waals surface area contributed by atoms with E-state index in [-0.39, 0.29) is 5.54 Å². The average Bonchev–Trinajstić information content (AvgIpc) is 2.26. The largest absolute Gasteiger partial charge is 0.370 e. The van der Waals surface area contributed by atoms with Crippen LogP contribution in [0.1, 0.15) is 33.6 Å². The highest BCUT2D eigenvalue weighted by Gasteiger charge is 2.29. The van der Waals surface area contributed by atoms with Crippen molar-refractivity contribution in [1.29, 1.82) is 0 Å². The van der Waals surface area contributed by atoms with Crippen LogP contribution in [0.3, 0.4) is 0 Å². The summed E-state index contributed by atoms with van der Waals surface area (Å²) < 4.78 is 0. The van der Waals surface area contributed by atoms with Crippen LogP contribution < -0.4 is 0 Å². The lowest BCUT2D eigenvalue weighted by Crippen LogP contribution is -2.52. The molecule has 0 aliphatic carbocycles. The third kappa shape index (κ3) is 3.11. The molecule has 2 heteroatoms. The summed E-state index contributed by atoms with van der Waals surface area (Å²) in [5.74, 6) is 0. The van der Waals surface area contributed by atoms with Crippen molar-refractivity contribution in [3.8, 4) is 0 Å². The molecular formula is C14H26N2. The second-order valence-electron chi connectivity index (χ2n) is 5.72. The Morgan fingerprint density at radius 3 is 2.56 bits per heavy atom. The second-order valence-corrected chi connectivity index (χ2v) is 5.72. The summed E-state index contributed by atoms with van der Waals surface area (Å²) in [6.45, 7) is 16.9. The van der Waals surface area contributed by atoms with Crippen molar-refractivity contribution in [1.82, 2.24) is 9.80 Å². The molecule has 16 heavy (non-hydrogen) atoms. The highest BCUT2D eigenvalue weighted by Crippen LogP contribution is 2.23. The van der Waals surface area contributed by atoms with Gasteiger partial charge in [-0.15, -0.1) is 0 Å². The third-order valence-electron chi connectivity index (χ3n) is 3.64. The highest BCUT2D eigenvalue weighted by molar-refractivity contribution is 5.11. The van der Waals surface area contributed by atoms with Crippen LogP contribution in [0.25, 0.3) is 0 Å². The normalized spacial score (nSPS) is 22.3. The topological polar surface area (TPSA) is 6.48 Å². The van der Waals surface area contributed by atoms with Gasteiger partial charge in [-0.05, 0) is 46.7 Å². The van der Waals surface area contributed by atoms with E-state index in [1.165, 1.54) is 12.8 Å². The molecule has 2 nitrogen and oxygen atoms in total. The number of likely N-dealkylation sites (N-methyl/N-ethyl adjacent to an activating group) is 1. The van der Waals surface area contributed by atoms with Crippen molar-refractivity contribution in [3.05, 3.63) is 24.9 Å². The van der Waals surface area contributed by atoms with Gasteiger partial charge < -0.3 is 4.90 Å². The molecule has 0 spiro atoms. The molecule has 1 aliphatic heterocycles. The average molecular weight is 222 g/mol. The van der Waals surface area contributed by atoms with Crippen LogP contribution in [0.15, 0.2) is 24.9 Å². The van der Waals surface area contributed by atoms with Crippen molar-refractivity contribution in [2.24, 2.45) is 0 Å². The molecular weight excluding hydrogens is 196 g/mol. The van der Waals surface area contributed by atoms with Crippen molar-refractivity contribution >= 4 is 0 Å². The lowest BCUT2D eigenvalue weighted by atomic mass is 9.98. The number of nitrogens with zero attached hydrogens (tertiary/aromatic N) is 2. The van der Waals surface area contributed by atoms with Crippen LogP contribution in [-0.2, 0) is 0 Å². The fraction of sp³-hybridized carbons (Fsp3) is 0.714. The number of hydrogen-bond acceptors (Lipinski definition) is 2. The first-order valence-corrected chi connectivity index (χ1v) is 6.15. The molecule has 0 aromatic rings. The summed E-state index contributed by atoms with van der Waals surface area (Å²) in [4.78, 5) is 4.83. The zero-order chi connectivity index (χ0) is 12.3. The Morgan fingerprint density at radius 2 is 2.06 bits per heavy atom. The van der Waals surface area contributed by atoms with Crippen molar-refractivity contribution in [3.63, 3.8) is 0 Å². The molecule has 1 aliphatic rings. The van der Waals surface area contributed by atoms with Crippen LogP contribution >= 0.6 is 0 Å². The monoisotopic (exact) mass is 222 g/mol. The number of likely N-dealkylation sites (tertiary alicyclic amines) is 1. The summed E-state index contributed by atoms with van der Waals surface area (Å²) in [6.07, 6.45) is 4.39. The molecule has 1 atom stereocenters. The van der Waals surface area contributed by atoms with E-state index in [2.05, 4.69) is 50.8 Å². The zero-order valence-electron chi connectivity index (χ0n) is 11.3. The first kappa shape index (κ1) is 13.3. The fourth-order valence-electron chi connectivity index (χ4n) is 2.21. The Bertz CT molecular complexity index is 262. The molecule has 1 heterocycles. The minimum Gasteiger partial charge on any atom is -0.370 e. The van der Waals surface area contributed by atoms with Gasteiger partial charge in [0.1, 0.15) is 0 Å². The van der Waals surface area contributed by atoms with E-state index in [1.807, 2.05) is 6.08 Å². The Kier molecular flexibility index (Phi) is 4.20. The minimum atomic E-state index is 0.239. The fourth-order valence-corrected chi connectivity index (χ4v) is 2.21. The first-order chi connectivity index (χ1) is 7.36. The maximum Gasteiger partial charge on any atom is 0.0334 e. The summed E-state index contributed by atoms with van der Waals surface area (Å²) >= 11 is 0. The lowest BCUT2D eigenvalue weighted by molar-refractivity contribution is 0.0684. The second kappa shape index (κ2) is 5.05. The van der Waals surface area contributed by atoms with Crippen LogP contribution in [0.2, 0.25) is 0 Å². The third-order valence-corrected chi connectivity index (χ3v) is 3.64. The molecule has 0 N–H and O–H groups in total. The van der Waals surface area contributed by atoms with Gasteiger partial charge in [-0.3, -0.25) is 4.90 Å². The molecule has 0 unspecified atom stereocenters. The van der Waals surface area contributed by atoms with Crippen molar-refractivity contribution < 1.29 is 0 Å². The number of rotatable bonds is 3. The van der Waals surface area contributed by atoms with E-state index in [4.69, 9.17) is 0 Å². The van der Waals surface area contributed by atoms with Crippen LogP contribution in [-0.4, -0.2) is 41.5 Å². The van der Waals surface area contributed by atoms with Gasteiger partial charge in [0.15, 0.2) is 0 Å². The Hall–Kier alpha value is -0.760. The van der Waals surface area contributed by atoms with Crippen LogP contribution in [0, 0.1) is 0 Å². The van der Waals surface area contributed by atoms with E-state index >= 15 is 0 Å². The molecule has 1 saturated heterocycles. The summed E-state index contributed by atoms with van der Waals surface area (Å²) in [6, 6.07) is 0.630. The predicted molar refractivity (Wildman–Crippen MR) is 71.4 cm³/mol. The van der Waals surface area contributed by atoms with Crippen LogP contribution in [0.4, 0.5) is 0 Å². The van der Waals surface area contributed by atoms with Gasteiger partial charge in [0.05, 0.1) is 0 Å². The van der Waals surface area contributed by atoms with Crippen molar-refractivity contribution in [2.45, 2.75) is 45.2 Å². The smallest absolute Gasteiger partial charge is 0.0334 e. The maximum absolute atomic E-state index is 4.04. The summed E-state index contributed by atoms with van der Waals surface area (Å²) in [5.41, 5.74) is 1.30. The molecule has 0 aromatic carbocycles. The molecule has 0 bridgehead atoms. The van der Waals surface area contributed by atoms with E-state index in [0.717, 1.165) is 18.8 Å². The Labute approximate surface area is 101 Å². The van der Waals surface area contributed by atoms with Gasteiger partial charge in [-0.1, -0.05) is 13.2 Å². The highest BCUT2D eigenvalue weighted by atomic mass is 15.2. The van der Waals surface area contributed by atoms with Gasteiger partial charge >= 0.3 is 0 Å². The molecule has 0 amide bonds. The minimum absolute atomic E-state index is 0.239. The predicted octanol–water partition coefficient (Wildman–Crippen LogP) is 2.88. The standard InChI is InChI=1S/C14H26N2/c1-7-12(2)16-10-8-9-13(11-16)15(6)14(3,4)5/h7,13H,1-2,8-11H2,3-6H3/t13-/m1/s1. The molecule has 0 aromatic heterocycles. The summed E-state index contributed by atoms with van der Waals surface area (Å²) in [5, 5.41) is 0. The first-order valence-electron chi connectivity index (χ1n) is 6.15. The maximum atomic E-state index is 4.04. The Balaban J connectivity index is 2.63. The molecule has 92 valence electrons. The van der Waals surface area contributed by atoms with E-state index in [1.54, 1.807) is 0 Å². The molecule has 1 fully saturated rings. The van der Waals surface area contributed by atoms with Gasteiger partial charge in [0, 0.05) is 30.4 Å². The van der Waals surface area contributed by atoms with E-state index in [0.29, 0.717) is 6.04 Å². The lowest BCUT2D eigenvalue weighted by Gasteiger charge is -2.44. The summed E-state index contributed by atoms with van der Waals surface area (Å²) in [7, 11) is 2.23. The van der Waals surface area contributed by atoms with Gasteiger partial charge in [0.25, 0.3) is 0 Å². The number of hydrogen-bond donors (Lipinski definition) is 0. The zero-order valence-corrected chi connectivity index (χ0v) is 11.3. The van der Waals surface area contributed by atoms with Gasteiger partial charge in [-0.2, -0.15) is 0 Å². The molecule has 0 saturated carbocycles. The van der Waals surface area contributed by atoms with E-state index in [9.17, 15) is 0 Å². The SMILES string of the molecule is C=CC(=C)N1CCC[C@@H](N(C)C(C)(C)C)C1. The Morgan fingerprint density at radius 1 is 1.44 bits per heavy atom. The quantitative estimate of drug-likeness (QED) is 0.678. The molecule has 0 radical (unpaired) electrons. The number of allylic oxidation sites excluding steroid dienone is 1. The van der Waals surface area contributed by atoms with Crippen molar-refractivity contribution in [2.75, 3.05) is 20.1 Å². The van der Waals surface area contributed by atoms with E-state index < -0.39 is 0 Å². The molecule has 1 rings (SSSR count). The van der Waals surface area contributed by atoms with Gasteiger partial charge in [0.2, 0.25) is 0 Å². The van der Waals surface area contributed by atoms with Crippen LogP contribution in [0.5, 0.6) is 0 Å². The van der Waals surface area contributed by atoms with Gasteiger partial charge in [-0.25, -0.2) is 0 Å². The number of piperidine rings is 1.